The molecule has 0 fully saturated rings. The minimum absolute atomic E-state index is 0.0540. The van der Waals surface area contributed by atoms with Crippen molar-refractivity contribution in [1.82, 2.24) is 15.2 Å². The zero-order valence-electron chi connectivity index (χ0n) is 13.3. The Balaban J connectivity index is 1.61. The highest BCUT2D eigenvalue weighted by atomic mass is 32.2. The molecule has 25 heavy (non-hydrogen) atoms. The summed E-state index contributed by atoms with van der Waals surface area (Å²) in [4.78, 5) is 26.4. The minimum atomic E-state index is -3.86. The smallest absolute Gasteiger partial charge is 0.270 e. The van der Waals surface area contributed by atoms with Gasteiger partial charge in [0.15, 0.2) is 0 Å². The Hall–Kier alpha value is -2.71. The van der Waals surface area contributed by atoms with Crippen LogP contribution in [-0.2, 0) is 21.2 Å². The summed E-state index contributed by atoms with van der Waals surface area (Å²) >= 11 is 0. The maximum Gasteiger partial charge on any atom is 0.270 e. The SMILES string of the molecule is O=C(CN1NS(=O)(=O)c2ccccc2C1=O)NCCc1ccccc1. The number of hydrogen-bond donors (Lipinski definition) is 2. The summed E-state index contributed by atoms with van der Waals surface area (Å²) in [6.45, 7) is 0.00933. The van der Waals surface area contributed by atoms with Crippen LogP contribution in [0.4, 0.5) is 0 Å². The molecule has 1 heterocycles. The fourth-order valence-electron chi connectivity index (χ4n) is 2.55. The van der Waals surface area contributed by atoms with Crippen LogP contribution in [0.15, 0.2) is 59.5 Å². The molecule has 0 saturated carbocycles. The predicted octanol–water partition coefficient (Wildman–Crippen LogP) is 0.695. The van der Waals surface area contributed by atoms with Gasteiger partial charge in [-0.25, -0.2) is 8.42 Å². The first-order valence-electron chi connectivity index (χ1n) is 7.71. The number of hydrogen-bond acceptors (Lipinski definition) is 4. The Morgan fingerprint density at radius 2 is 1.72 bits per heavy atom. The van der Waals surface area contributed by atoms with E-state index in [1.165, 1.54) is 18.2 Å². The van der Waals surface area contributed by atoms with Gasteiger partial charge in [0.1, 0.15) is 6.54 Å². The molecule has 8 heteroatoms. The van der Waals surface area contributed by atoms with Gasteiger partial charge in [-0.3, -0.25) is 14.6 Å². The van der Waals surface area contributed by atoms with Crippen molar-refractivity contribution in [3.8, 4) is 0 Å². The summed E-state index contributed by atoms with van der Waals surface area (Å²) in [5.74, 6) is -0.991. The summed E-state index contributed by atoms with van der Waals surface area (Å²) in [6.07, 6.45) is 0.648. The molecule has 0 bridgehead atoms. The van der Waals surface area contributed by atoms with Crippen LogP contribution in [0, 0.1) is 0 Å². The fraction of sp³-hybridized carbons (Fsp3) is 0.176. The second-order valence-corrected chi connectivity index (χ2v) is 7.20. The van der Waals surface area contributed by atoms with Crippen molar-refractivity contribution in [3.05, 3.63) is 65.7 Å². The lowest BCUT2D eigenvalue weighted by molar-refractivity contribution is -0.122. The number of nitrogens with one attached hydrogen (secondary N) is 2. The van der Waals surface area contributed by atoms with E-state index in [0.29, 0.717) is 13.0 Å². The van der Waals surface area contributed by atoms with E-state index in [-0.39, 0.29) is 17.0 Å². The Morgan fingerprint density at radius 1 is 1.04 bits per heavy atom. The minimum Gasteiger partial charge on any atom is -0.354 e. The molecule has 130 valence electrons. The zero-order chi connectivity index (χ0) is 17.9. The number of benzene rings is 2. The molecule has 3 rings (SSSR count). The third kappa shape index (κ3) is 3.86. The molecule has 0 spiro atoms. The van der Waals surface area contributed by atoms with Gasteiger partial charge in [0.25, 0.3) is 15.9 Å². The van der Waals surface area contributed by atoms with Gasteiger partial charge in [0.05, 0.1) is 10.5 Å². The molecule has 1 aliphatic rings. The van der Waals surface area contributed by atoms with Gasteiger partial charge in [-0.05, 0) is 24.1 Å². The van der Waals surface area contributed by atoms with E-state index >= 15 is 0 Å². The molecule has 0 atom stereocenters. The normalized spacial score (nSPS) is 15.5. The molecule has 2 N–H and O–H groups in total. The largest absolute Gasteiger partial charge is 0.354 e. The van der Waals surface area contributed by atoms with Crippen molar-refractivity contribution in [2.45, 2.75) is 11.3 Å². The summed E-state index contributed by atoms with van der Waals surface area (Å²) < 4.78 is 24.3. The van der Waals surface area contributed by atoms with Crippen molar-refractivity contribution >= 4 is 21.8 Å². The summed E-state index contributed by atoms with van der Waals surface area (Å²) in [7, 11) is -3.86. The van der Waals surface area contributed by atoms with E-state index in [1.807, 2.05) is 30.3 Å². The van der Waals surface area contributed by atoms with Gasteiger partial charge in [-0.15, -0.1) is 4.83 Å². The molecule has 0 saturated heterocycles. The number of nitrogens with zero attached hydrogens (tertiary/aromatic N) is 1. The van der Waals surface area contributed by atoms with Crippen LogP contribution in [0.5, 0.6) is 0 Å². The van der Waals surface area contributed by atoms with E-state index in [2.05, 4.69) is 10.1 Å². The lowest BCUT2D eigenvalue weighted by atomic mass is 10.1. The van der Waals surface area contributed by atoms with Crippen molar-refractivity contribution in [2.75, 3.05) is 13.1 Å². The highest BCUT2D eigenvalue weighted by molar-refractivity contribution is 7.89. The maximum atomic E-state index is 12.4. The molecule has 0 aliphatic carbocycles. The monoisotopic (exact) mass is 359 g/mol. The molecule has 2 amide bonds. The van der Waals surface area contributed by atoms with Crippen LogP contribution < -0.4 is 10.1 Å². The Kier molecular flexibility index (Phi) is 4.82. The summed E-state index contributed by atoms with van der Waals surface area (Å²) in [5.41, 5.74) is 1.13. The van der Waals surface area contributed by atoms with Crippen LogP contribution in [-0.4, -0.2) is 38.3 Å². The first-order chi connectivity index (χ1) is 12.0. The Bertz CT molecular complexity index is 897. The number of rotatable bonds is 5. The number of fused-ring (bicyclic) bond motifs is 1. The summed E-state index contributed by atoms with van der Waals surface area (Å²) in [6, 6.07) is 15.5. The van der Waals surface area contributed by atoms with E-state index in [0.717, 1.165) is 10.6 Å². The van der Waals surface area contributed by atoms with Crippen molar-refractivity contribution in [2.24, 2.45) is 0 Å². The summed E-state index contributed by atoms with van der Waals surface area (Å²) in [5, 5.41) is 3.50. The highest BCUT2D eigenvalue weighted by Gasteiger charge is 2.34. The Morgan fingerprint density at radius 3 is 2.48 bits per heavy atom. The fourth-order valence-corrected chi connectivity index (χ4v) is 3.79. The number of sulfonamides is 1. The molecule has 2 aromatic rings. The van der Waals surface area contributed by atoms with E-state index in [4.69, 9.17) is 0 Å². The molecule has 0 aromatic heterocycles. The van der Waals surface area contributed by atoms with E-state index < -0.39 is 21.8 Å². The molecule has 2 aromatic carbocycles. The standard InChI is InChI=1S/C17H17N3O4S/c21-16(18-11-10-13-6-2-1-3-7-13)12-20-17(22)14-8-4-5-9-15(14)25(23,24)19-20/h1-9,19H,10-12H2,(H,18,21). The number of carbonyl (C=O) groups is 2. The van der Waals surface area contributed by atoms with Crippen LogP contribution in [0.25, 0.3) is 0 Å². The predicted molar refractivity (Wildman–Crippen MR) is 91.0 cm³/mol. The van der Waals surface area contributed by atoms with Gasteiger partial charge >= 0.3 is 0 Å². The maximum absolute atomic E-state index is 12.4. The lowest BCUT2D eigenvalue weighted by Gasteiger charge is -2.28. The van der Waals surface area contributed by atoms with Crippen molar-refractivity contribution in [1.29, 1.82) is 0 Å². The number of amides is 2. The quantitative estimate of drug-likeness (QED) is 0.821. The number of hydrazine groups is 1. The van der Waals surface area contributed by atoms with Gasteiger partial charge in [-0.2, -0.15) is 0 Å². The van der Waals surface area contributed by atoms with Crippen LogP contribution in [0.1, 0.15) is 15.9 Å². The van der Waals surface area contributed by atoms with Crippen LogP contribution >= 0.6 is 0 Å². The molecule has 7 nitrogen and oxygen atoms in total. The van der Waals surface area contributed by atoms with Crippen LogP contribution in [0.2, 0.25) is 0 Å². The average Bonchev–Trinajstić information content (AvgIpc) is 2.60. The van der Waals surface area contributed by atoms with Crippen molar-refractivity contribution in [3.63, 3.8) is 0 Å². The average molecular weight is 359 g/mol. The topological polar surface area (TPSA) is 95.6 Å². The van der Waals surface area contributed by atoms with Gasteiger partial charge in [0.2, 0.25) is 5.91 Å². The zero-order valence-corrected chi connectivity index (χ0v) is 14.1. The third-order valence-electron chi connectivity index (χ3n) is 3.76. The van der Waals surface area contributed by atoms with Gasteiger partial charge < -0.3 is 5.32 Å². The van der Waals surface area contributed by atoms with Gasteiger partial charge in [-0.1, -0.05) is 42.5 Å². The molecule has 1 aliphatic heterocycles. The first-order valence-corrected chi connectivity index (χ1v) is 9.20. The van der Waals surface area contributed by atoms with Crippen molar-refractivity contribution < 1.29 is 18.0 Å². The molecular weight excluding hydrogens is 342 g/mol. The second kappa shape index (κ2) is 7.04. The molecule has 0 unspecified atom stereocenters. The molecule has 0 radical (unpaired) electrons. The highest BCUT2D eigenvalue weighted by Crippen LogP contribution is 2.21. The number of carbonyl (C=O) groups excluding carboxylic acids is 2. The van der Waals surface area contributed by atoms with Crippen LogP contribution in [0.3, 0.4) is 0 Å². The molecular formula is C17H17N3O4S. The first kappa shape index (κ1) is 17.1. The Labute approximate surface area is 145 Å². The lowest BCUT2D eigenvalue weighted by Crippen LogP contribution is -2.53. The van der Waals surface area contributed by atoms with E-state index in [9.17, 15) is 18.0 Å². The third-order valence-corrected chi connectivity index (χ3v) is 5.16. The second-order valence-electron chi connectivity index (χ2n) is 5.57. The van der Waals surface area contributed by atoms with E-state index in [1.54, 1.807) is 6.07 Å². The van der Waals surface area contributed by atoms with Gasteiger partial charge in [0, 0.05) is 6.54 Å².